The predicted octanol–water partition coefficient (Wildman–Crippen LogP) is 2.23. The van der Waals surface area contributed by atoms with Crippen LogP contribution in [0.3, 0.4) is 0 Å². The summed E-state index contributed by atoms with van der Waals surface area (Å²) in [5, 5.41) is 17.2. The number of hydrazine groups is 1. The number of aromatic nitrogens is 2. The maximum Gasteiger partial charge on any atom is 0.242 e. The van der Waals surface area contributed by atoms with E-state index in [0.717, 1.165) is 51.2 Å². The van der Waals surface area contributed by atoms with Crippen molar-refractivity contribution in [2.24, 2.45) is 35.2 Å². The van der Waals surface area contributed by atoms with Crippen molar-refractivity contribution < 1.29 is 22.4 Å². The third kappa shape index (κ3) is 10.2. The van der Waals surface area contributed by atoms with Gasteiger partial charge in [-0.25, -0.2) is 27.8 Å². The largest absolute Gasteiger partial charge is 0.358 e. The van der Waals surface area contributed by atoms with E-state index in [9.17, 15) is 27.7 Å². The van der Waals surface area contributed by atoms with E-state index >= 15 is 0 Å². The van der Waals surface area contributed by atoms with E-state index in [1.807, 2.05) is 12.2 Å². The molecular formula is C37H53FN10O4S. The Morgan fingerprint density at radius 3 is 2.45 bits per heavy atom. The van der Waals surface area contributed by atoms with E-state index < -0.39 is 33.8 Å². The van der Waals surface area contributed by atoms with Crippen LogP contribution in [0.1, 0.15) is 51.9 Å². The van der Waals surface area contributed by atoms with Crippen LogP contribution in [0.5, 0.6) is 0 Å². The van der Waals surface area contributed by atoms with Gasteiger partial charge in [-0.15, -0.1) is 0 Å². The smallest absolute Gasteiger partial charge is 0.242 e. The Balaban J connectivity index is 1.11. The molecule has 1 aromatic heterocycles. The first kappa shape index (κ1) is 40.3. The zero-order valence-electron chi connectivity index (χ0n) is 30.6. The van der Waals surface area contributed by atoms with E-state index in [2.05, 4.69) is 44.6 Å². The summed E-state index contributed by atoms with van der Waals surface area (Å²) in [6.07, 6.45) is 18.4. The fraction of sp³-hybridized carbons (Fsp3) is 0.595. The first-order valence-electron chi connectivity index (χ1n) is 18.5. The van der Waals surface area contributed by atoms with Crippen LogP contribution < -0.4 is 22.2 Å². The second-order valence-corrected chi connectivity index (χ2v) is 16.6. The lowest BCUT2D eigenvalue weighted by Crippen LogP contribution is -2.59. The fourth-order valence-corrected chi connectivity index (χ4v) is 9.51. The Labute approximate surface area is 312 Å². The number of carbonyl (C=O) groups excluding carboxylic acids is 2. The molecule has 2 aliphatic heterocycles. The highest BCUT2D eigenvalue weighted by atomic mass is 32.2. The lowest BCUT2D eigenvalue weighted by Gasteiger charge is -2.38. The van der Waals surface area contributed by atoms with Gasteiger partial charge < -0.3 is 26.1 Å². The Morgan fingerprint density at radius 2 is 1.83 bits per heavy atom. The van der Waals surface area contributed by atoms with Gasteiger partial charge in [-0.05, 0) is 81.0 Å². The Morgan fingerprint density at radius 1 is 1.13 bits per heavy atom. The summed E-state index contributed by atoms with van der Waals surface area (Å²) in [5.41, 5.74) is 7.73. The van der Waals surface area contributed by atoms with Gasteiger partial charge in [-0.1, -0.05) is 37.3 Å². The average Bonchev–Trinajstić information content (AvgIpc) is 3.16. The van der Waals surface area contributed by atoms with Gasteiger partial charge in [0.2, 0.25) is 21.9 Å². The summed E-state index contributed by atoms with van der Waals surface area (Å²) in [7, 11) is -2.19. The minimum Gasteiger partial charge on any atom is -0.358 e. The molecule has 0 aromatic carbocycles. The third-order valence-corrected chi connectivity index (χ3v) is 12.8. The molecule has 4 aliphatic rings. The predicted molar refractivity (Wildman–Crippen MR) is 200 cm³/mol. The van der Waals surface area contributed by atoms with Crippen molar-refractivity contribution in [3.05, 3.63) is 65.1 Å². The van der Waals surface area contributed by atoms with Crippen molar-refractivity contribution in [1.82, 2.24) is 29.5 Å². The van der Waals surface area contributed by atoms with Crippen LogP contribution in [0, 0.1) is 40.8 Å². The second kappa shape index (κ2) is 18.5. The number of sulfonamides is 1. The normalized spacial score (nSPS) is 26.0. The Hall–Kier alpha value is -3.85. The fourth-order valence-electron chi connectivity index (χ4n) is 7.93. The minimum absolute atomic E-state index is 0.0256. The quantitative estimate of drug-likeness (QED) is 0.116. The molecule has 6 atom stereocenters. The van der Waals surface area contributed by atoms with Crippen LogP contribution in [0.15, 0.2) is 59.3 Å². The Bertz CT molecular complexity index is 1700. The second-order valence-electron chi connectivity index (χ2n) is 14.6. The van der Waals surface area contributed by atoms with Gasteiger partial charge in [0.25, 0.3) is 0 Å². The van der Waals surface area contributed by atoms with Crippen LogP contribution in [-0.2, 0) is 19.6 Å². The van der Waals surface area contributed by atoms with Gasteiger partial charge in [-0.2, -0.15) is 9.57 Å². The molecule has 5 rings (SSSR count). The molecule has 2 fully saturated rings. The molecule has 3 heterocycles. The van der Waals surface area contributed by atoms with Crippen molar-refractivity contribution in [3.63, 3.8) is 0 Å². The lowest BCUT2D eigenvalue weighted by atomic mass is 9.82. The number of likely N-dealkylation sites (tertiary alicyclic amines) is 1. The number of hydrogen-bond acceptors (Lipinski definition) is 12. The first-order chi connectivity index (χ1) is 25.4. The number of nitrogens with two attached hydrogens (primary N) is 2. The Kier molecular flexibility index (Phi) is 14.0. The summed E-state index contributed by atoms with van der Waals surface area (Å²) in [5.74, 6) is 5.90. The molecule has 6 N–H and O–H groups in total. The number of hydrogen-bond donors (Lipinski definition) is 4. The van der Waals surface area contributed by atoms with Gasteiger partial charge in [0.05, 0.1) is 35.3 Å². The van der Waals surface area contributed by atoms with E-state index in [0.29, 0.717) is 50.6 Å². The van der Waals surface area contributed by atoms with Crippen LogP contribution in [0.25, 0.3) is 0 Å². The van der Waals surface area contributed by atoms with Crippen LogP contribution in [0.2, 0.25) is 0 Å². The number of nitrogens with zero attached hydrogens (tertiary/aromatic N) is 6. The minimum atomic E-state index is -3.74. The number of nitriles is 1. The zero-order valence-corrected chi connectivity index (χ0v) is 31.4. The molecule has 1 aromatic rings. The molecule has 1 amide bonds. The first-order valence-corrected chi connectivity index (χ1v) is 20.0. The van der Waals surface area contributed by atoms with Gasteiger partial charge >= 0.3 is 0 Å². The number of halogens is 1. The van der Waals surface area contributed by atoms with E-state index in [-0.39, 0.29) is 41.2 Å². The van der Waals surface area contributed by atoms with Gasteiger partial charge in [0, 0.05) is 45.2 Å². The van der Waals surface area contributed by atoms with Crippen LogP contribution in [0.4, 0.5) is 10.3 Å². The lowest BCUT2D eigenvalue weighted by molar-refractivity contribution is -0.127. The number of piperidine rings is 2. The molecule has 0 bridgehead atoms. The molecular weight excluding hydrogens is 700 g/mol. The number of anilines is 1. The number of amides is 1. The van der Waals surface area contributed by atoms with Crippen molar-refractivity contribution in [1.29, 1.82) is 5.26 Å². The number of likely N-dealkylation sites (N-methyl/N-ethyl adjacent to an activating group) is 1. The van der Waals surface area contributed by atoms with Crippen molar-refractivity contribution in [3.8, 4) is 6.07 Å². The molecule has 2 aliphatic carbocycles. The molecule has 2 saturated heterocycles. The average molecular weight is 753 g/mol. The molecule has 288 valence electrons. The number of carbonyl (C=O) groups is 2. The monoisotopic (exact) mass is 752 g/mol. The molecule has 53 heavy (non-hydrogen) atoms. The molecule has 6 unspecified atom stereocenters. The highest BCUT2D eigenvalue weighted by Crippen LogP contribution is 2.34. The highest BCUT2D eigenvalue weighted by molar-refractivity contribution is 7.93. The maximum absolute atomic E-state index is 13.7. The molecule has 0 spiro atoms. The van der Waals surface area contributed by atoms with Crippen LogP contribution in [-0.4, -0.2) is 109 Å². The summed E-state index contributed by atoms with van der Waals surface area (Å²) >= 11 is 0. The molecule has 0 radical (unpaired) electrons. The molecule has 0 saturated carbocycles. The number of nitrogens with one attached hydrogen (secondary N) is 2. The number of rotatable bonds is 15. The van der Waals surface area contributed by atoms with E-state index in [4.69, 9.17) is 11.6 Å². The SMILES string of the molecule is CNC(=O)C(CCC=O)N(N)C1C=CC(C2CCN(CC(C)CC3C=C(S(=O)(=O)N4CCC(Nc5ncc(F)cn5)CC4)C=CC3C#N)CC2)=CC1N. The zero-order chi connectivity index (χ0) is 38.1. The number of allylic oxidation sites excluding steroid dienone is 5. The van der Waals surface area contributed by atoms with E-state index in [1.54, 1.807) is 25.3 Å². The highest BCUT2D eigenvalue weighted by Gasteiger charge is 2.35. The number of aldehydes is 1. The van der Waals surface area contributed by atoms with Gasteiger partial charge in [0.1, 0.15) is 12.3 Å². The van der Waals surface area contributed by atoms with Crippen molar-refractivity contribution in [2.75, 3.05) is 45.1 Å². The topological polar surface area (TPSA) is 204 Å². The summed E-state index contributed by atoms with van der Waals surface area (Å²) in [6.45, 7) is 5.49. The maximum atomic E-state index is 13.7. The molecule has 14 nitrogen and oxygen atoms in total. The summed E-state index contributed by atoms with van der Waals surface area (Å²) in [6, 6.07) is 0.906. The van der Waals surface area contributed by atoms with Gasteiger partial charge in [0.15, 0.2) is 5.82 Å². The van der Waals surface area contributed by atoms with Crippen molar-refractivity contribution in [2.45, 2.75) is 76.0 Å². The van der Waals surface area contributed by atoms with Crippen molar-refractivity contribution >= 4 is 28.2 Å². The molecule has 16 heteroatoms. The van der Waals surface area contributed by atoms with E-state index in [1.165, 1.54) is 14.9 Å². The standard InChI is InChI=1S/C37H53FN10O4S/c1-25(24-46-13-9-26(10-14-46)27-6-8-34(33(40)20-27)48(41)35(4-3-17-49)36(50)42-2)18-29-19-32(7-5-28(29)21-39)53(51,52)47-15-11-31(12-16-47)45-37-43-22-30(38)23-44-37/h5-8,17,19-20,22-23,25-26,28-29,31,33-35H,3-4,9-16,18,24,40-41H2,1-2H3,(H,42,50)(H,43,44,45). The summed E-state index contributed by atoms with van der Waals surface area (Å²) < 4.78 is 42.1. The summed E-state index contributed by atoms with van der Waals surface area (Å²) in [4.78, 5) is 34.0. The van der Waals surface area contributed by atoms with Gasteiger partial charge in [-0.3, -0.25) is 10.6 Å². The third-order valence-electron chi connectivity index (χ3n) is 10.9. The van der Waals surface area contributed by atoms with Crippen LogP contribution >= 0.6 is 0 Å².